The zero-order valence-corrected chi connectivity index (χ0v) is 12.5. The SMILES string of the molecule is Cc1cc(C(=O)N(C)CC2CC(Br)C2)c(F)cc1F. The average Bonchev–Trinajstić information content (AvgIpc) is 2.31. The minimum absolute atomic E-state index is 0.0592. The molecule has 2 rings (SSSR count). The predicted molar refractivity (Wildman–Crippen MR) is 73.5 cm³/mol. The van der Waals surface area contributed by atoms with Crippen LogP contribution in [0.25, 0.3) is 0 Å². The quantitative estimate of drug-likeness (QED) is 0.776. The summed E-state index contributed by atoms with van der Waals surface area (Å²) in [5.74, 6) is -1.36. The Labute approximate surface area is 119 Å². The Morgan fingerprint density at radius 2 is 2.00 bits per heavy atom. The molecule has 1 aliphatic rings. The molecule has 0 bridgehead atoms. The molecule has 0 saturated heterocycles. The first-order chi connectivity index (χ1) is 8.88. The maximum atomic E-state index is 13.6. The van der Waals surface area contributed by atoms with Crippen LogP contribution < -0.4 is 0 Å². The maximum Gasteiger partial charge on any atom is 0.256 e. The lowest BCUT2D eigenvalue weighted by molar-refractivity contribution is 0.0744. The monoisotopic (exact) mass is 331 g/mol. The highest BCUT2D eigenvalue weighted by Crippen LogP contribution is 2.33. The topological polar surface area (TPSA) is 20.3 Å². The van der Waals surface area contributed by atoms with Gasteiger partial charge in [0.25, 0.3) is 5.91 Å². The number of carbonyl (C=O) groups is 1. The summed E-state index contributed by atoms with van der Waals surface area (Å²) in [4.78, 5) is 14.2. The number of hydrogen-bond acceptors (Lipinski definition) is 1. The van der Waals surface area contributed by atoms with Gasteiger partial charge in [0.2, 0.25) is 0 Å². The molecule has 5 heteroatoms. The second-order valence-corrected chi connectivity index (χ2v) is 6.50. The van der Waals surface area contributed by atoms with Crippen molar-refractivity contribution in [3.63, 3.8) is 0 Å². The number of carbonyl (C=O) groups excluding carboxylic acids is 1. The number of amides is 1. The fourth-order valence-electron chi connectivity index (χ4n) is 2.30. The van der Waals surface area contributed by atoms with Gasteiger partial charge in [-0.1, -0.05) is 15.9 Å². The van der Waals surface area contributed by atoms with Crippen LogP contribution >= 0.6 is 15.9 Å². The minimum atomic E-state index is -0.799. The number of nitrogens with zero attached hydrogens (tertiary/aromatic N) is 1. The third-order valence-electron chi connectivity index (χ3n) is 3.54. The fraction of sp³-hybridized carbons (Fsp3) is 0.500. The van der Waals surface area contributed by atoms with Crippen LogP contribution in [0.2, 0.25) is 0 Å². The largest absolute Gasteiger partial charge is 0.341 e. The second-order valence-electron chi connectivity index (χ2n) is 5.20. The number of hydrogen-bond donors (Lipinski definition) is 0. The summed E-state index contributed by atoms with van der Waals surface area (Å²) in [5, 5.41) is 0. The van der Waals surface area contributed by atoms with Crippen LogP contribution in [0.5, 0.6) is 0 Å². The number of alkyl halides is 1. The van der Waals surface area contributed by atoms with Gasteiger partial charge in [-0.2, -0.15) is 0 Å². The van der Waals surface area contributed by atoms with Gasteiger partial charge < -0.3 is 4.90 Å². The van der Waals surface area contributed by atoms with Crippen LogP contribution in [0.3, 0.4) is 0 Å². The normalized spacial score (nSPS) is 21.9. The molecule has 0 unspecified atom stereocenters. The molecule has 0 spiro atoms. The number of aryl methyl sites for hydroxylation is 1. The van der Waals surface area contributed by atoms with E-state index < -0.39 is 17.5 Å². The fourth-order valence-corrected chi connectivity index (χ4v) is 3.36. The van der Waals surface area contributed by atoms with E-state index in [1.54, 1.807) is 7.05 Å². The van der Waals surface area contributed by atoms with E-state index in [9.17, 15) is 13.6 Å². The average molecular weight is 332 g/mol. The molecule has 0 radical (unpaired) electrons. The van der Waals surface area contributed by atoms with Crippen LogP contribution in [0.1, 0.15) is 28.8 Å². The van der Waals surface area contributed by atoms with Crippen molar-refractivity contribution in [2.24, 2.45) is 5.92 Å². The van der Waals surface area contributed by atoms with Crippen molar-refractivity contribution in [2.75, 3.05) is 13.6 Å². The summed E-state index contributed by atoms with van der Waals surface area (Å²) in [7, 11) is 1.65. The van der Waals surface area contributed by atoms with Gasteiger partial charge in [0.05, 0.1) is 5.56 Å². The standard InChI is InChI=1S/C14H16BrF2NO/c1-8-3-11(13(17)6-12(8)16)14(19)18(2)7-9-4-10(15)5-9/h3,6,9-10H,4-5,7H2,1-2H3. The first-order valence-corrected chi connectivity index (χ1v) is 7.15. The van der Waals surface area contributed by atoms with Crippen LogP contribution in [0.15, 0.2) is 12.1 Å². The molecular formula is C14H16BrF2NO. The summed E-state index contributed by atoms with van der Waals surface area (Å²) in [6.45, 7) is 2.13. The van der Waals surface area contributed by atoms with Crippen LogP contribution in [0, 0.1) is 24.5 Å². The third kappa shape index (κ3) is 3.14. The molecule has 1 fully saturated rings. The summed E-state index contributed by atoms with van der Waals surface area (Å²) < 4.78 is 26.8. The first-order valence-electron chi connectivity index (χ1n) is 6.23. The first kappa shape index (κ1) is 14.4. The van der Waals surface area contributed by atoms with E-state index in [1.165, 1.54) is 17.9 Å². The minimum Gasteiger partial charge on any atom is -0.341 e. The number of rotatable bonds is 3. The Balaban J connectivity index is 2.08. The van der Waals surface area contributed by atoms with Crippen LogP contribution in [-0.2, 0) is 0 Å². The van der Waals surface area contributed by atoms with Gasteiger partial charge in [-0.15, -0.1) is 0 Å². The van der Waals surface area contributed by atoms with Crippen molar-refractivity contribution in [1.29, 1.82) is 0 Å². The van der Waals surface area contributed by atoms with E-state index in [4.69, 9.17) is 0 Å². The highest BCUT2D eigenvalue weighted by atomic mass is 79.9. The van der Waals surface area contributed by atoms with Crippen molar-refractivity contribution in [3.8, 4) is 0 Å². The smallest absolute Gasteiger partial charge is 0.256 e. The van der Waals surface area contributed by atoms with E-state index in [-0.39, 0.29) is 11.1 Å². The number of benzene rings is 1. The maximum absolute atomic E-state index is 13.6. The van der Waals surface area contributed by atoms with Gasteiger partial charge in [0, 0.05) is 24.5 Å². The molecule has 0 heterocycles. The molecule has 19 heavy (non-hydrogen) atoms. The van der Waals surface area contributed by atoms with Gasteiger partial charge in [-0.3, -0.25) is 4.79 Å². The molecule has 1 amide bonds. The Morgan fingerprint density at radius 3 is 2.58 bits per heavy atom. The van der Waals surface area contributed by atoms with Crippen molar-refractivity contribution in [1.82, 2.24) is 4.90 Å². The van der Waals surface area contributed by atoms with Gasteiger partial charge in [-0.05, 0) is 37.3 Å². The molecule has 1 aliphatic carbocycles. The van der Waals surface area contributed by atoms with Crippen LogP contribution in [-0.4, -0.2) is 29.2 Å². The zero-order valence-electron chi connectivity index (χ0n) is 10.9. The molecule has 0 aliphatic heterocycles. The highest BCUT2D eigenvalue weighted by molar-refractivity contribution is 9.09. The van der Waals surface area contributed by atoms with E-state index in [0.29, 0.717) is 17.3 Å². The Morgan fingerprint density at radius 1 is 1.37 bits per heavy atom. The lowest BCUT2D eigenvalue weighted by atomic mass is 9.85. The van der Waals surface area contributed by atoms with Gasteiger partial charge in [0.1, 0.15) is 11.6 Å². The molecule has 0 atom stereocenters. The van der Waals surface area contributed by atoms with Crippen molar-refractivity contribution in [3.05, 3.63) is 34.9 Å². The molecule has 1 aromatic rings. The zero-order chi connectivity index (χ0) is 14.2. The Hall–Kier alpha value is -0.970. The van der Waals surface area contributed by atoms with Gasteiger partial charge >= 0.3 is 0 Å². The van der Waals surface area contributed by atoms with E-state index in [0.717, 1.165) is 18.9 Å². The molecule has 1 saturated carbocycles. The molecule has 1 aromatic carbocycles. The van der Waals surface area contributed by atoms with Gasteiger partial charge in [-0.25, -0.2) is 8.78 Å². The predicted octanol–water partition coefficient (Wildman–Crippen LogP) is 3.52. The third-order valence-corrected chi connectivity index (χ3v) is 4.28. The second kappa shape index (κ2) is 5.57. The lowest BCUT2D eigenvalue weighted by Crippen LogP contribution is -2.38. The van der Waals surface area contributed by atoms with E-state index in [2.05, 4.69) is 15.9 Å². The summed E-state index contributed by atoms with van der Waals surface area (Å²) in [5.41, 5.74) is 0.221. The van der Waals surface area contributed by atoms with E-state index in [1.807, 2.05) is 0 Å². The molecule has 0 N–H and O–H groups in total. The lowest BCUT2D eigenvalue weighted by Gasteiger charge is -2.34. The van der Waals surface area contributed by atoms with Crippen molar-refractivity contribution in [2.45, 2.75) is 24.6 Å². The molecule has 0 aromatic heterocycles. The van der Waals surface area contributed by atoms with Crippen LogP contribution in [0.4, 0.5) is 8.78 Å². The van der Waals surface area contributed by atoms with Crippen molar-refractivity contribution < 1.29 is 13.6 Å². The summed E-state index contributed by atoms with van der Waals surface area (Å²) in [6.07, 6.45) is 2.06. The molecule has 2 nitrogen and oxygen atoms in total. The Bertz CT molecular complexity index is 500. The Kier molecular flexibility index (Phi) is 4.23. The van der Waals surface area contributed by atoms with E-state index >= 15 is 0 Å². The van der Waals surface area contributed by atoms with Gasteiger partial charge in [0.15, 0.2) is 0 Å². The number of halogens is 3. The summed E-state index contributed by atoms with van der Waals surface area (Å²) in [6, 6.07) is 2.05. The molecule has 104 valence electrons. The molecular weight excluding hydrogens is 316 g/mol. The van der Waals surface area contributed by atoms with Crippen molar-refractivity contribution >= 4 is 21.8 Å². The highest BCUT2D eigenvalue weighted by Gasteiger charge is 2.29. The summed E-state index contributed by atoms with van der Waals surface area (Å²) >= 11 is 3.50.